The van der Waals surface area contributed by atoms with Crippen LogP contribution in [0.2, 0.25) is 0 Å². The fourth-order valence-electron chi connectivity index (χ4n) is 2.17. The van der Waals surface area contributed by atoms with E-state index in [1.54, 1.807) is 6.07 Å². The van der Waals surface area contributed by atoms with Gasteiger partial charge in [-0.2, -0.15) is 0 Å². The van der Waals surface area contributed by atoms with Crippen molar-refractivity contribution in [3.8, 4) is 5.75 Å². The summed E-state index contributed by atoms with van der Waals surface area (Å²) >= 11 is 0. The number of methoxy groups -OCH3 is 1. The van der Waals surface area contributed by atoms with Crippen molar-refractivity contribution in [1.29, 1.82) is 0 Å². The van der Waals surface area contributed by atoms with Crippen LogP contribution in [0.3, 0.4) is 0 Å². The second-order valence-electron chi connectivity index (χ2n) is 4.72. The van der Waals surface area contributed by atoms with Crippen molar-refractivity contribution >= 4 is 22.4 Å². The fraction of sp³-hybridized carbons (Fsp3) is 0.125. The lowest BCUT2D eigenvalue weighted by atomic mass is 10.2. The van der Waals surface area contributed by atoms with Crippen LogP contribution in [0.15, 0.2) is 42.7 Å². The average molecular weight is 283 g/mol. The van der Waals surface area contributed by atoms with Gasteiger partial charge in [0.1, 0.15) is 12.1 Å². The summed E-state index contributed by atoms with van der Waals surface area (Å²) < 4.78 is 18.7. The van der Waals surface area contributed by atoms with Gasteiger partial charge in [0, 0.05) is 17.1 Å². The molecule has 4 nitrogen and oxygen atoms in total. The zero-order valence-corrected chi connectivity index (χ0v) is 11.7. The third-order valence-electron chi connectivity index (χ3n) is 3.19. The van der Waals surface area contributed by atoms with Gasteiger partial charge in [-0.25, -0.2) is 14.4 Å². The lowest BCUT2D eigenvalue weighted by Crippen LogP contribution is -1.97. The second kappa shape index (κ2) is 5.36. The van der Waals surface area contributed by atoms with Crippen LogP contribution in [-0.4, -0.2) is 17.1 Å². The van der Waals surface area contributed by atoms with Crippen LogP contribution < -0.4 is 10.1 Å². The van der Waals surface area contributed by atoms with Crippen LogP contribution in [0.5, 0.6) is 5.75 Å². The molecule has 0 spiro atoms. The van der Waals surface area contributed by atoms with Gasteiger partial charge in [0.2, 0.25) is 0 Å². The first-order chi connectivity index (χ1) is 10.2. The van der Waals surface area contributed by atoms with Gasteiger partial charge >= 0.3 is 0 Å². The van der Waals surface area contributed by atoms with E-state index in [4.69, 9.17) is 4.74 Å². The van der Waals surface area contributed by atoms with Crippen molar-refractivity contribution in [3.05, 3.63) is 54.1 Å². The van der Waals surface area contributed by atoms with Crippen LogP contribution in [0.25, 0.3) is 10.9 Å². The highest BCUT2D eigenvalue weighted by Crippen LogP contribution is 2.29. The van der Waals surface area contributed by atoms with Crippen LogP contribution in [0, 0.1) is 12.7 Å². The minimum atomic E-state index is -0.440. The van der Waals surface area contributed by atoms with Crippen molar-refractivity contribution in [2.75, 3.05) is 12.4 Å². The molecule has 2 aromatic carbocycles. The minimum Gasteiger partial charge on any atom is -0.494 e. The Morgan fingerprint density at radius 1 is 1.14 bits per heavy atom. The van der Waals surface area contributed by atoms with Gasteiger partial charge in [0.15, 0.2) is 11.6 Å². The molecule has 1 aromatic heterocycles. The summed E-state index contributed by atoms with van der Waals surface area (Å²) in [5, 5.41) is 3.94. The molecule has 0 atom stereocenters. The predicted molar refractivity (Wildman–Crippen MR) is 80.5 cm³/mol. The molecule has 21 heavy (non-hydrogen) atoms. The maximum absolute atomic E-state index is 13.7. The number of ether oxygens (including phenoxy) is 1. The van der Waals surface area contributed by atoms with Gasteiger partial charge in [0.25, 0.3) is 0 Å². The Balaban J connectivity index is 2.09. The van der Waals surface area contributed by atoms with Crippen molar-refractivity contribution in [1.82, 2.24) is 9.97 Å². The van der Waals surface area contributed by atoms with Crippen LogP contribution >= 0.6 is 0 Å². The molecule has 1 heterocycles. The number of hydrogen-bond donors (Lipinski definition) is 1. The van der Waals surface area contributed by atoms with E-state index in [0.29, 0.717) is 16.7 Å². The monoisotopic (exact) mass is 283 g/mol. The summed E-state index contributed by atoms with van der Waals surface area (Å²) in [7, 11) is 1.43. The van der Waals surface area contributed by atoms with Crippen LogP contribution in [0.4, 0.5) is 15.9 Å². The molecule has 1 N–H and O–H groups in total. The third-order valence-corrected chi connectivity index (χ3v) is 3.19. The lowest BCUT2D eigenvalue weighted by Gasteiger charge is -2.10. The Hall–Kier alpha value is -2.69. The first-order valence-electron chi connectivity index (χ1n) is 6.49. The SMILES string of the molecule is COc1cc2c(Nc3cccc(C)c3)ncnc2cc1F. The highest BCUT2D eigenvalue weighted by Gasteiger charge is 2.10. The number of aromatic nitrogens is 2. The number of nitrogens with zero attached hydrogens (tertiary/aromatic N) is 2. The largest absolute Gasteiger partial charge is 0.494 e. The standard InChI is InChI=1S/C16H14FN3O/c1-10-4-3-5-11(6-10)20-16-12-7-15(21-2)13(17)8-14(12)18-9-19-16/h3-9H,1-2H3,(H,18,19,20). The summed E-state index contributed by atoms with van der Waals surface area (Å²) in [4.78, 5) is 8.33. The molecule has 0 fully saturated rings. The highest BCUT2D eigenvalue weighted by molar-refractivity contribution is 5.91. The maximum atomic E-state index is 13.7. The molecule has 0 amide bonds. The van der Waals surface area contributed by atoms with Crippen molar-refractivity contribution in [3.63, 3.8) is 0 Å². The Labute approximate surface area is 121 Å². The van der Waals surface area contributed by atoms with E-state index in [-0.39, 0.29) is 5.75 Å². The van der Waals surface area contributed by atoms with Gasteiger partial charge in [0.05, 0.1) is 12.6 Å². The highest BCUT2D eigenvalue weighted by atomic mass is 19.1. The van der Waals surface area contributed by atoms with Gasteiger partial charge in [-0.05, 0) is 30.7 Å². The molecule has 0 aliphatic rings. The zero-order valence-electron chi connectivity index (χ0n) is 11.7. The molecular weight excluding hydrogens is 269 g/mol. The number of nitrogens with one attached hydrogen (secondary N) is 1. The van der Waals surface area contributed by atoms with E-state index in [9.17, 15) is 4.39 Å². The summed E-state index contributed by atoms with van der Waals surface area (Å²) in [5.74, 6) is 0.346. The number of hydrogen-bond acceptors (Lipinski definition) is 4. The molecule has 5 heteroatoms. The molecule has 106 valence electrons. The van der Waals surface area contributed by atoms with Gasteiger partial charge in [-0.1, -0.05) is 12.1 Å². The molecule has 0 unspecified atom stereocenters. The fourth-order valence-corrected chi connectivity index (χ4v) is 2.17. The maximum Gasteiger partial charge on any atom is 0.167 e. The van der Waals surface area contributed by atoms with Crippen LogP contribution in [-0.2, 0) is 0 Å². The zero-order chi connectivity index (χ0) is 14.8. The quantitative estimate of drug-likeness (QED) is 0.793. The van der Waals surface area contributed by atoms with E-state index in [1.807, 2.05) is 31.2 Å². The molecule has 3 rings (SSSR count). The smallest absolute Gasteiger partial charge is 0.167 e. The predicted octanol–water partition coefficient (Wildman–Crippen LogP) is 3.83. The minimum absolute atomic E-state index is 0.171. The molecule has 0 bridgehead atoms. The number of fused-ring (bicyclic) bond motifs is 1. The number of halogens is 1. The molecule has 0 radical (unpaired) electrons. The van der Waals surface area contributed by atoms with Crippen molar-refractivity contribution in [2.45, 2.75) is 6.92 Å². The van der Waals surface area contributed by atoms with E-state index < -0.39 is 5.82 Å². The lowest BCUT2D eigenvalue weighted by molar-refractivity contribution is 0.387. The van der Waals surface area contributed by atoms with Gasteiger partial charge in [-0.15, -0.1) is 0 Å². The summed E-state index contributed by atoms with van der Waals surface area (Å²) in [6.45, 7) is 2.02. The Morgan fingerprint density at radius 2 is 2.00 bits per heavy atom. The number of benzene rings is 2. The van der Waals surface area contributed by atoms with Crippen molar-refractivity contribution < 1.29 is 9.13 Å². The van der Waals surface area contributed by atoms with Crippen LogP contribution in [0.1, 0.15) is 5.56 Å². The molecule has 0 saturated carbocycles. The number of rotatable bonds is 3. The topological polar surface area (TPSA) is 47.0 Å². The first-order valence-corrected chi connectivity index (χ1v) is 6.49. The summed E-state index contributed by atoms with van der Waals surface area (Å²) in [6, 6.07) is 10.9. The Kier molecular flexibility index (Phi) is 3.39. The molecular formula is C16H14FN3O. The van der Waals surface area contributed by atoms with E-state index in [2.05, 4.69) is 15.3 Å². The Morgan fingerprint density at radius 3 is 2.76 bits per heavy atom. The number of aryl methyl sites for hydroxylation is 1. The molecule has 0 aliphatic heterocycles. The van der Waals surface area contributed by atoms with Gasteiger partial charge < -0.3 is 10.1 Å². The van der Waals surface area contributed by atoms with Gasteiger partial charge in [-0.3, -0.25) is 0 Å². The molecule has 0 aliphatic carbocycles. The summed E-state index contributed by atoms with van der Waals surface area (Å²) in [5.41, 5.74) is 2.58. The van der Waals surface area contributed by atoms with E-state index >= 15 is 0 Å². The third kappa shape index (κ3) is 2.63. The number of anilines is 2. The first kappa shape index (κ1) is 13.3. The Bertz CT molecular complexity index is 805. The van der Waals surface area contributed by atoms with E-state index in [1.165, 1.54) is 19.5 Å². The van der Waals surface area contributed by atoms with Crippen molar-refractivity contribution in [2.24, 2.45) is 0 Å². The normalized spacial score (nSPS) is 10.6. The summed E-state index contributed by atoms with van der Waals surface area (Å²) in [6.07, 6.45) is 1.41. The molecule has 3 aromatic rings. The molecule has 0 saturated heterocycles. The van der Waals surface area contributed by atoms with E-state index in [0.717, 1.165) is 11.3 Å². The average Bonchev–Trinajstić information content (AvgIpc) is 2.47. The second-order valence-corrected chi connectivity index (χ2v) is 4.72.